The molecule has 1 atom stereocenters. The van der Waals surface area contributed by atoms with Crippen molar-refractivity contribution in [2.75, 3.05) is 0 Å². The third-order valence-electron chi connectivity index (χ3n) is 3.64. The van der Waals surface area contributed by atoms with E-state index in [0.29, 0.717) is 5.01 Å². The van der Waals surface area contributed by atoms with Crippen LogP contribution in [0.25, 0.3) is 0 Å². The highest BCUT2D eigenvalue weighted by atomic mass is 19.4. The van der Waals surface area contributed by atoms with E-state index in [0.717, 1.165) is 30.3 Å². The number of halogens is 3. The number of benzene rings is 1. The largest absolute Gasteiger partial charge is 0.416 e. The molecular weight excluding hydrogens is 353 g/mol. The number of amides is 2. The Labute approximate surface area is 145 Å². The van der Waals surface area contributed by atoms with Crippen molar-refractivity contribution in [3.8, 4) is 0 Å². The van der Waals surface area contributed by atoms with E-state index >= 15 is 0 Å². The summed E-state index contributed by atoms with van der Waals surface area (Å²) >= 11 is 0. The number of aromatic amines is 1. The predicted molar refractivity (Wildman–Crippen MR) is 84.8 cm³/mol. The molecule has 138 valence electrons. The molecule has 0 spiro atoms. The van der Waals surface area contributed by atoms with E-state index in [9.17, 15) is 27.6 Å². The monoisotopic (exact) mass is 368 g/mol. The number of H-pyrrole nitrogens is 1. The fourth-order valence-electron chi connectivity index (χ4n) is 2.22. The first-order chi connectivity index (χ1) is 12.0. The first-order valence-corrected chi connectivity index (χ1v) is 7.39. The number of nitrogens with two attached hydrogens (primary N) is 1. The summed E-state index contributed by atoms with van der Waals surface area (Å²) in [6.07, 6.45) is -4.49. The normalized spacial score (nSPS) is 12.5. The van der Waals surface area contributed by atoms with E-state index in [4.69, 9.17) is 5.84 Å². The highest BCUT2D eigenvalue weighted by molar-refractivity contribution is 6.04. The van der Waals surface area contributed by atoms with Crippen molar-refractivity contribution in [3.05, 3.63) is 63.3 Å². The van der Waals surface area contributed by atoms with Gasteiger partial charge in [0.05, 0.1) is 11.5 Å². The topological polar surface area (TPSA) is 109 Å². The molecule has 0 fully saturated rings. The Morgan fingerprint density at radius 3 is 2.31 bits per heavy atom. The molecule has 26 heavy (non-hydrogen) atoms. The van der Waals surface area contributed by atoms with Crippen LogP contribution in [0, 0.1) is 6.92 Å². The Bertz CT molecular complexity index is 891. The quantitative estimate of drug-likeness (QED) is 0.487. The Morgan fingerprint density at radius 1 is 1.23 bits per heavy atom. The molecule has 0 saturated carbocycles. The van der Waals surface area contributed by atoms with Crippen LogP contribution in [0.1, 0.15) is 40.3 Å². The van der Waals surface area contributed by atoms with E-state index in [-0.39, 0.29) is 17.1 Å². The molecule has 2 amide bonds. The van der Waals surface area contributed by atoms with Crippen molar-refractivity contribution in [3.63, 3.8) is 0 Å². The maximum absolute atomic E-state index is 12.6. The van der Waals surface area contributed by atoms with Gasteiger partial charge in [-0.1, -0.05) is 12.1 Å². The molecule has 1 aromatic carbocycles. The zero-order valence-corrected chi connectivity index (χ0v) is 13.8. The number of imide groups is 1. The molecule has 0 aliphatic carbocycles. The summed E-state index contributed by atoms with van der Waals surface area (Å²) in [6, 6.07) is 4.84. The maximum Gasteiger partial charge on any atom is 0.416 e. The average Bonchev–Trinajstić information content (AvgIpc) is 2.57. The van der Waals surface area contributed by atoms with Crippen LogP contribution in [0.2, 0.25) is 0 Å². The summed E-state index contributed by atoms with van der Waals surface area (Å²) in [7, 11) is 0. The van der Waals surface area contributed by atoms with Crippen LogP contribution in [0.4, 0.5) is 13.2 Å². The van der Waals surface area contributed by atoms with Crippen LogP contribution in [0.3, 0.4) is 0 Å². The van der Waals surface area contributed by atoms with Crippen LogP contribution in [0.15, 0.2) is 35.1 Å². The molecule has 0 aliphatic heterocycles. The Kier molecular flexibility index (Phi) is 5.26. The highest BCUT2D eigenvalue weighted by Crippen LogP contribution is 2.30. The fourth-order valence-corrected chi connectivity index (χ4v) is 2.22. The van der Waals surface area contributed by atoms with E-state index in [1.54, 1.807) is 0 Å². The lowest BCUT2D eigenvalue weighted by Crippen LogP contribution is -2.45. The van der Waals surface area contributed by atoms with Gasteiger partial charge in [-0.25, -0.2) is 15.8 Å². The summed E-state index contributed by atoms with van der Waals surface area (Å²) in [4.78, 5) is 42.1. The van der Waals surface area contributed by atoms with Crippen molar-refractivity contribution < 1.29 is 22.8 Å². The van der Waals surface area contributed by atoms with Gasteiger partial charge in [-0.3, -0.25) is 14.4 Å². The number of nitrogens with one attached hydrogen (secondary N) is 1. The van der Waals surface area contributed by atoms with Gasteiger partial charge in [0.15, 0.2) is 0 Å². The molecule has 0 aliphatic rings. The molecule has 1 aromatic heterocycles. The molecule has 0 radical (unpaired) electrons. The fraction of sp³-hybridized carbons (Fsp3) is 0.250. The second-order valence-electron chi connectivity index (χ2n) is 5.57. The number of alkyl halides is 3. The lowest BCUT2D eigenvalue weighted by Gasteiger charge is -2.19. The zero-order chi connectivity index (χ0) is 19.6. The van der Waals surface area contributed by atoms with Gasteiger partial charge >= 0.3 is 6.18 Å². The minimum atomic E-state index is -4.49. The average molecular weight is 368 g/mol. The minimum absolute atomic E-state index is 0.164. The maximum atomic E-state index is 12.6. The van der Waals surface area contributed by atoms with E-state index in [2.05, 4.69) is 9.97 Å². The number of rotatable bonds is 3. The van der Waals surface area contributed by atoms with Crippen molar-refractivity contribution in [2.24, 2.45) is 5.84 Å². The van der Waals surface area contributed by atoms with Gasteiger partial charge in [0.25, 0.3) is 17.4 Å². The van der Waals surface area contributed by atoms with Crippen molar-refractivity contribution in [2.45, 2.75) is 25.9 Å². The molecule has 10 heteroatoms. The number of aromatic nitrogens is 2. The SMILES string of the molecule is Cc1nc(C(=O)N(N)C(=O)C(C)c2ccc(C(F)(F)F)cc2)cc(=O)[nH]1. The standard InChI is InChI=1S/C16H15F3N4O3/c1-8(10-3-5-11(6-4-10)16(17,18)19)14(25)23(20)15(26)12-7-13(24)22-9(2)21-12/h3-8H,20H2,1-2H3,(H,21,22,24). The third kappa shape index (κ3) is 4.14. The lowest BCUT2D eigenvalue weighted by molar-refractivity contribution is -0.137. The Balaban J connectivity index is 2.21. The molecule has 1 heterocycles. The first kappa shape index (κ1) is 19.3. The van der Waals surface area contributed by atoms with E-state index in [1.165, 1.54) is 13.8 Å². The smallest absolute Gasteiger partial charge is 0.311 e. The number of carbonyl (C=O) groups is 2. The second kappa shape index (κ2) is 7.08. The highest BCUT2D eigenvalue weighted by Gasteiger charge is 2.31. The van der Waals surface area contributed by atoms with Crippen molar-refractivity contribution in [1.29, 1.82) is 0 Å². The van der Waals surface area contributed by atoms with Gasteiger partial charge in [0.2, 0.25) is 0 Å². The van der Waals surface area contributed by atoms with Crippen LogP contribution >= 0.6 is 0 Å². The van der Waals surface area contributed by atoms with Gasteiger partial charge in [-0.2, -0.15) is 13.2 Å². The summed E-state index contributed by atoms with van der Waals surface area (Å²) < 4.78 is 37.8. The predicted octanol–water partition coefficient (Wildman–Crippen LogP) is 1.74. The van der Waals surface area contributed by atoms with Crippen LogP contribution in [-0.2, 0) is 11.0 Å². The molecule has 2 aromatic rings. The van der Waals surface area contributed by atoms with E-state index in [1.807, 2.05) is 0 Å². The van der Waals surface area contributed by atoms with Crippen LogP contribution in [0.5, 0.6) is 0 Å². The van der Waals surface area contributed by atoms with Gasteiger partial charge in [0.1, 0.15) is 11.5 Å². The molecular formula is C16H15F3N4O3. The summed E-state index contributed by atoms with van der Waals surface area (Å²) in [5, 5.41) is 0.295. The third-order valence-corrected chi connectivity index (χ3v) is 3.64. The van der Waals surface area contributed by atoms with Crippen molar-refractivity contribution >= 4 is 11.8 Å². The van der Waals surface area contributed by atoms with Crippen LogP contribution < -0.4 is 11.4 Å². The first-order valence-electron chi connectivity index (χ1n) is 7.39. The van der Waals surface area contributed by atoms with Gasteiger partial charge < -0.3 is 4.98 Å². The molecule has 0 saturated heterocycles. The number of hydrogen-bond acceptors (Lipinski definition) is 5. The number of hydrazine groups is 1. The second-order valence-corrected chi connectivity index (χ2v) is 5.57. The van der Waals surface area contributed by atoms with E-state index < -0.39 is 35.0 Å². The minimum Gasteiger partial charge on any atom is -0.311 e. The molecule has 7 nitrogen and oxygen atoms in total. The number of hydrogen-bond donors (Lipinski definition) is 2. The molecule has 1 unspecified atom stereocenters. The lowest BCUT2D eigenvalue weighted by atomic mass is 9.98. The molecule has 3 N–H and O–H groups in total. The number of nitrogens with zero attached hydrogens (tertiary/aromatic N) is 2. The molecule has 2 rings (SSSR count). The Morgan fingerprint density at radius 2 is 1.81 bits per heavy atom. The summed E-state index contributed by atoms with van der Waals surface area (Å²) in [5.41, 5.74) is -1.51. The number of aryl methyl sites for hydroxylation is 1. The Hall–Kier alpha value is -3.01. The molecule has 0 bridgehead atoms. The zero-order valence-electron chi connectivity index (χ0n) is 13.8. The van der Waals surface area contributed by atoms with Gasteiger partial charge in [0, 0.05) is 6.07 Å². The van der Waals surface area contributed by atoms with Crippen LogP contribution in [-0.4, -0.2) is 26.8 Å². The number of carbonyl (C=O) groups excluding carboxylic acids is 2. The van der Waals surface area contributed by atoms with Gasteiger partial charge in [-0.05, 0) is 31.5 Å². The van der Waals surface area contributed by atoms with Crippen molar-refractivity contribution in [1.82, 2.24) is 15.0 Å². The van der Waals surface area contributed by atoms with Gasteiger partial charge in [-0.15, -0.1) is 0 Å². The summed E-state index contributed by atoms with van der Waals surface area (Å²) in [5.74, 6) is 2.87. The summed E-state index contributed by atoms with van der Waals surface area (Å²) in [6.45, 7) is 2.85.